The van der Waals surface area contributed by atoms with Crippen molar-refractivity contribution in [3.8, 4) is 22.3 Å². The predicted molar refractivity (Wildman–Crippen MR) is 245 cm³/mol. The minimum absolute atomic E-state index is 0. The van der Waals surface area contributed by atoms with Crippen molar-refractivity contribution in [3.05, 3.63) is 130 Å². The van der Waals surface area contributed by atoms with Crippen LogP contribution in [-0.4, -0.2) is 5.43 Å². The Morgan fingerprint density at radius 1 is 0.500 bits per heavy atom. The molecule has 6 aromatic carbocycles. The van der Waals surface area contributed by atoms with Gasteiger partial charge in [-0.1, -0.05) is 147 Å². The van der Waals surface area contributed by atoms with E-state index in [1.165, 1.54) is 167 Å². The number of halogens is 2. The van der Waals surface area contributed by atoms with Crippen LogP contribution in [0.3, 0.4) is 0 Å². The Hall–Kier alpha value is -2.22. The van der Waals surface area contributed by atoms with Gasteiger partial charge in [0.2, 0.25) is 0 Å². The summed E-state index contributed by atoms with van der Waals surface area (Å²) in [4.78, 5) is 0. The zero-order valence-corrected chi connectivity index (χ0v) is 41.9. The van der Waals surface area contributed by atoms with E-state index in [1.807, 2.05) is 0 Å². The van der Waals surface area contributed by atoms with Crippen molar-refractivity contribution in [1.82, 2.24) is 0 Å². The number of aryl methyl sites for hydroxylation is 4. The molecule has 58 heavy (non-hydrogen) atoms. The van der Waals surface area contributed by atoms with Gasteiger partial charge in [-0.15, -0.1) is 69.1 Å². The van der Waals surface area contributed by atoms with Crippen molar-refractivity contribution < 1.29 is 48.1 Å². The van der Waals surface area contributed by atoms with E-state index in [1.54, 1.807) is 23.3 Å². The zero-order chi connectivity index (χ0) is 39.9. The number of hydrogen-bond donors (Lipinski definition) is 0. The molecule has 6 aromatic rings. The molecule has 0 amide bonds. The Balaban J connectivity index is 0.000000228. The smallest absolute Gasteiger partial charge is 0.0274 e. The van der Waals surface area contributed by atoms with Crippen molar-refractivity contribution in [2.75, 3.05) is 0 Å². The largest absolute Gasteiger partial charge is 1.00 e. The van der Waals surface area contributed by atoms with E-state index >= 15 is 0 Å². The Kier molecular flexibility index (Phi) is 18.4. The van der Waals surface area contributed by atoms with Gasteiger partial charge in [0.15, 0.2) is 0 Å². The summed E-state index contributed by atoms with van der Waals surface area (Å²) < 4.78 is 0. The molecule has 2 aliphatic carbocycles. The molecule has 4 heteroatoms. The van der Waals surface area contributed by atoms with Crippen LogP contribution < -0.4 is 24.8 Å². The van der Waals surface area contributed by atoms with Gasteiger partial charge < -0.3 is 24.8 Å². The summed E-state index contributed by atoms with van der Waals surface area (Å²) in [5.41, 5.74) is 15.1. The van der Waals surface area contributed by atoms with Crippen molar-refractivity contribution >= 4 is 27.0 Å². The van der Waals surface area contributed by atoms with Crippen molar-refractivity contribution in [1.29, 1.82) is 0 Å². The zero-order valence-electron chi connectivity index (χ0n) is 36.9. The number of rotatable bonds is 6. The van der Waals surface area contributed by atoms with Gasteiger partial charge in [-0.2, -0.15) is 12.1 Å². The molecule has 0 radical (unpaired) electrons. The van der Waals surface area contributed by atoms with E-state index in [9.17, 15) is 0 Å². The second kappa shape index (κ2) is 22.0. The average molecular weight is 907 g/mol. The molecule has 0 bridgehead atoms. The molecule has 2 saturated carbocycles. The second-order valence-electron chi connectivity index (χ2n) is 18.9. The SMILES string of the molecule is C[Si](C)=[Zr+2].Cc1cc(C)cc(-c2cccc3[cH-]c(CC4(C)CCCCCC4)cc23)c1.Cc1cc(C)cc(-c2cccc3[cH-]c(CC4(C)CCCCCC4)cc23)c1.[Cl-].[Cl-]. The average Bonchev–Trinajstić information content (AvgIpc) is 3.57. The molecule has 0 aromatic heterocycles. The van der Waals surface area contributed by atoms with E-state index in [-0.39, 0.29) is 30.2 Å². The monoisotopic (exact) mass is 904 g/mol. The van der Waals surface area contributed by atoms with Crippen LogP contribution in [-0.2, 0) is 36.2 Å². The molecular formula is C54H68Cl2SiZr-2. The molecule has 2 fully saturated rings. The molecule has 2 aliphatic rings. The van der Waals surface area contributed by atoms with Crippen molar-refractivity contribution in [3.63, 3.8) is 0 Å². The summed E-state index contributed by atoms with van der Waals surface area (Å²) >= 11 is 1.74. The maximum atomic E-state index is 2.51. The molecule has 8 rings (SSSR count). The third-order valence-corrected chi connectivity index (χ3v) is 12.6. The number of hydrogen-bond acceptors (Lipinski definition) is 0. The number of benzene rings is 4. The second-order valence-corrected chi connectivity index (χ2v) is 28.3. The minimum atomic E-state index is 0. The maximum absolute atomic E-state index is 2.51. The van der Waals surface area contributed by atoms with Crippen molar-refractivity contribution in [2.45, 2.75) is 145 Å². The fourth-order valence-electron chi connectivity index (χ4n) is 10.1. The van der Waals surface area contributed by atoms with E-state index in [2.05, 4.69) is 152 Å². The Bertz CT molecular complexity index is 2040. The third-order valence-electron chi connectivity index (χ3n) is 12.6. The minimum Gasteiger partial charge on any atom is -1.00 e. The van der Waals surface area contributed by atoms with Gasteiger partial charge in [-0.25, -0.2) is 0 Å². The van der Waals surface area contributed by atoms with Crippen LogP contribution in [0.15, 0.2) is 97.1 Å². The molecule has 0 unspecified atom stereocenters. The van der Waals surface area contributed by atoms with Crippen LogP contribution in [0.25, 0.3) is 43.8 Å². The Morgan fingerprint density at radius 3 is 1.12 bits per heavy atom. The topological polar surface area (TPSA) is 0 Å². The third kappa shape index (κ3) is 13.4. The normalized spacial score (nSPS) is 16.0. The van der Waals surface area contributed by atoms with E-state index in [0.717, 1.165) is 0 Å². The molecule has 0 nitrogen and oxygen atoms in total. The summed E-state index contributed by atoms with van der Waals surface area (Å²) in [6.07, 6.45) is 19.3. The molecule has 0 saturated heterocycles. The van der Waals surface area contributed by atoms with Crippen LogP contribution in [0.4, 0.5) is 0 Å². The standard InChI is InChI=1S/2C26H31.C2H6Si.2ClH.Zr/c2*1-19-13-20(2)15-23(14-19)24-10-8-9-22-16-21(17-25(22)24)18-26(3)11-6-4-5-7-12-26;1-3-2;;;/h2*8-10,13-17H,4-7,11-12,18H2,1-3H3;1-2H3;2*1H;/q2*-1;;;;+2/p-2. The molecule has 0 N–H and O–H groups in total. The van der Waals surface area contributed by atoms with Crippen LogP contribution >= 0.6 is 0 Å². The Labute approximate surface area is 380 Å². The first-order chi connectivity index (χ1) is 26.8. The van der Waals surface area contributed by atoms with Crippen LogP contribution in [0, 0.1) is 38.5 Å². The summed E-state index contributed by atoms with van der Waals surface area (Å²) in [6, 6.07) is 37.2. The summed E-state index contributed by atoms with van der Waals surface area (Å²) in [7, 11) is 0. The molecular weight excluding hydrogens is 839 g/mol. The first kappa shape index (κ1) is 48.4. The van der Waals surface area contributed by atoms with Crippen molar-refractivity contribution in [2.24, 2.45) is 10.8 Å². The van der Waals surface area contributed by atoms with Gasteiger partial charge in [0, 0.05) is 0 Å². The van der Waals surface area contributed by atoms with E-state index < -0.39 is 0 Å². The van der Waals surface area contributed by atoms with Gasteiger partial charge in [-0.3, -0.25) is 0 Å². The fraction of sp³-hybridized carbons (Fsp3) is 0.444. The van der Waals surface area contributed by atoms with Gasteiger partial charge in [-0.05, 0) is 88.2 Å². The quantitative estimate of drug-likeness (QED) is 0.0888. The van der Waals surface area contributed by atoms with Gasteiger partial charge in [0.25, 0.3) is 0 Å². The van der Waals surface area contributed by atoms with E-state index in [0.29, 0.717) is 10.8 Å². The molecule has 308 valence electrons. The van der Waals surface area contributed by atoms with Gasteiger partial charge in [0.05, 0.1) is 0 Å². The maximum Gasteiger partial charge on any atom is -0.0274 e. The summed E-state index contributed by atoms with van der Waals surface area (Å²) in [5, 5.41) is 5.64. The van der Waals surface area contributed by atoms with Gasteiger partial charge >= 0.3 is 41.9 Å². The Morgan fingerprint density at radius 2 is 0.810 bits per heavy atom. The van der Waals surface area contributed by atoms with Crippen LogP contribution in [0.5, 0.6) is 0 Å². The summed E-state index contributed by atoms with van der Waals surface area (Å²) in [6.45, 7) is 18.4. The number of fused-ring (bicyclic) bond motifs is 2. The molecule has 0 spiro atoms. The molecule has 0 heterocycles. The predicted octanol–water partition coefficient (Wildman–Crippen LogP) is 10.3. The fourth-order valence-corrected chi connectivity index (χ4v) is 10.1. The first-order valence-corrected chi connectivity index (χ1v) is 28.0. The van der Waals surface area contributed by atoms with Gasteiger partial charge in [0.1, 0.15) is 0 Å². The molecule has 0 atom stereocenters. The van der Waals surface area contributed by atoms with Crippen LogP contribution in [0.1, 0.15) is 124 Å². The first-order valence-electron chi connectivity index (χ1n) is 21.8. The summed E-state index contributed by atoms with van der Waals surface area (Å²) in [5.74, 6) is 0. The van der Waals surface area contributed by atoms with Crippen LogP contribution in [0.2, 0.25) is 13.1 Å². The molecule has 0 aliphatic heterocycles. The van der Waals surface area contributed by atoms with E-state index in [4.69, 9.17) is 0 Å².